The predicted octanol–water partition coefficient (Wildman–Crippen LogP) is 7.52. The summed E-state index contributed by atoms with van der Waals surface area (Å²) in [5.74, 6) is -0.355. The minimum Gasteiger partial charge on any atom is -0.490 e. The van der Waals surface area contributed by atoms with E-state index in [0.717, 1.165) is 5.56 Å². The van der Waals surface area contributed by atoms with Crippen LogP contribution in [0.2, 0.25) is 0 Å². The summed E-state index contributed by atoms with van der Waals surface area (Å²) in [7, 11) is 0. The molecule has 1 aromatic heterocycles. The number of amides is 1. The fourth-order valence-corrected chi connectivity index (χ4v) is 4.88. The molecule has 1 amide bonds. The van der Waals surface area contributed by atoms with E-state index < -0.39 is 17.7 Å². The third-order valence-corrected chi connectivity index (χ3v) is 6.87. The Labute approximate surface area is 255 Å². The number of nitrogens with one attached hydrogen (secondary N) is 2. The van der Waals surface area contributed by atoms with Gasteiger partial charge in [0.1, 0.15) is 17.3 Å². The molecule has 218 valence electrons. The highest BCUT2D eigenvalue weighted by molar-refractivity contribution is 9.10. The lowest BCUT2D eigenvalue weighted by molar-refractivity contribution is 0.0733. The van der Waals surface area contributed by atoms with Crippen LogP contribution in [0.4, 0.5) is 4.39 Å². The first kappa shape index (κ1) is 29.5. The van der Waals surface area contributed by atoms with Crippen molar-refractivity contribution in [1.29, 1.82) is 0 Å². The van der Waals surface area contributed by atoms with Crippen molar-refractivity contribution >= 4 is 44.9 Å². The average Bonchev–Trinajstić information content (AvgIpc) is 3.38. The summed E-state index contributed by atoms with van der Waals surface area (Å²) in [5, 5.41) is 4.70. The average molecular weight is 644 g/mol. The molecule has 8 nitrogen and oxygen atoms in total. The lowest BCUT2D eigenvalue weighted by Gasteiger charge is -2.13. The number of hydrogen-bond donors (Lipinski definition) is 2. The van der Waals surface area contributed by atoms with Crippen LogP contribution in [0.3, 0.4) is 0 Å². The molecule has 0 atom stereocenters. The molecule has 0 spiro atoms. The van der Waals surface area contributed by atoms with Crippen molar-refractivity contribution in [2.45, 2.75) is 13.8 Å². The smallest absolute Gasteiger partial charge is 0.343 e. The van der Waals surface area contributed by atoms with E-state index in [4.69, 9.17) is 14.2 Å². The van der Waals surface area contributed by atoms with Crippen molar-refractivity contribution < 1.29 is 28.2 Å². The highest BCUT2D eigenvalue weighted by Crippen LogP contribution is 2.33. The molecule has 2 N–H and O–H groups in total. The normalized spacial score (nSPS) is 11.1. The van der Waals surface area contributed by atoms with Gasteiger partial charge in [0.2, 0.25) is 0 Å². The second-order valence-corrected chi connectivity index (χ2v) is 10.1. The van der Waals surface area contributed by atoms with E-state index in [1.54, 1.807) is 42.5 Å². The minimum absolute atomic E-state index is 0.226. The maximum Gasteiger partial charge on any atom is 0.343 e. The maximum absolute atomic E-state index is 14.1. The molecule has 0 radical (unpaired) electrons. The number of nitrogens with zero attached hydrogens (tertiary/aromatic N) is 1. The van der Waals surface area contributed by atoms with Gasteiger partial charge >= 0.3 is 5.97 Å². The first-order valence-corrected chi connectivity index (χ1v) is 14.3. The molecule has 0 aliphatic heterocycles. The van der Waals surface area contributed by atoms with Crippen molar-refractivity contribution in [3.8, 4) is 28.4 Å². The number of aromatic amines is 1. The van der Waals surface area contributed by atoms with Gasteiger partial charge in [-0.3, -0.25) is 4.79 Å². The molecule has 5 rings (SSSR count). The quantitative estimate of drug-likeness (QED) is 0.0709. The number of fused-ring (bicyclic) bond motifs is 1. The summed E-state index contributed by atoms with van der Waals surface area (Å²) in [6, 6.07) is 23.4. The second kappa shape index (κ2) is 13.3. The molecule has 0 aliphatic rings. The van der Waals surface area contributed by atoms with E-state index in [1.807, 2.05) is 44.2 Å². The van der Waals surface area contributed by atoms with Crippen LogP contribution in [0.25, 0.3) is 22.0 Å². The third-order valence-electron chi connectivity index (χ3n) is 6.37. The largest absolute Gasteiger partial charge is 0.490 e. The fourth-order valence-electron chi connectivity index (χ4n) is 4.51. The molecule has 0 fully saturated rings. The molecular formula is C33H27BrFN3O5. The number of hydrazone groups is 1. The molecule has 10 heteroatoms. The summed E-state index contributed by atoms with van der Waals surface area (Å²) in [6.07, 6.45) is 1.37. The molecular weight excluding hydrogens is 617 g/mol. The van der Waals surface area contributed by atoms with Gasteiger partial charge in [-0.05, 0) is 74.0 Å². The van der Waals surface area contributed by atoms with Crippen LogP contribution in [0.15, 0.2) is 94.5 Å². The number of benzene rings is 4. The summed E-state index contributed by atoms with van der Waals surface area (Å²) in [6.45, 7) is 4.56. The topological polar surface area (TPSA) is 102 Å². The Bertz CT molecular complexity index is 1820. The minimum atomic E-state index is -0.608. The van der Waals surface area contributed by atoms with Gasteiger partial charge in [0.05, 0.1) is 25.0 Å². The first-order chi connectivity index (χ1) is 20.9. The predicted molar refractivity (Wildman–Crippen MR) is 167 cm³/mol. The maximum atomic E-state index is 14.1. The first-order valence-electron chi connectivity index (χ1n) is 13.5. The van der Waals surface area contributed by atoms with Crippen molar-refractivity contribution in [2.75, 3.05) is 13.2 Å². The van der Waals surface area contributed by atoms with Gasteiger partial charge in [0.25, 0.3) is 5.91 Å². The van der Waals surface area contributed by atoms with E-state index >= 15 is 0 Å². The van der Waals surface area contributed by atoms with Crippen molar-refractivity contribution in [3.63, 3.8) is 0 Å². The van der Waals surface area contributed by atoms with E-state index in [1.165, 1.54) is 18.3 Å². The lowest BCUT2D eigenvalue weighted by atomic mass is 10.0. The van der Waals surface area contributed by atoms with Gasteiger partial charge in [-0.1, -0.05) is 46.3 Å². The molecule has 0 unspecified atom stereocenters. The highest BCUT2D eigenvalue weighted by atomic mass is 79.9. The van der Waals surface area contributed by atoms with Crippen LogP contribution in [0.1, 0.15) is 40.3 Å². The number of esters is 1. The number of carbonyl (C=O) groups excluding carboxylic acids is 2. The van der Waals surface area contributed by atoms with Gasteiger partial charge < -0.3 is 19.2 Å². The zero-order valence-corrected chi connectivity index (χ0v) is 24.9. The van der Waals surface area contributed by atoms with Crippen LogP contribution in [-0.4, -0.2) is 36.3 Å². The zero-order valence-electron chi connectivity index (χ0n) is 23.3. The van der Waals surface area contributed by atoms with Gasteiger partial charge in [0.15, 0.2) is 11.5 Å². The van der Waals surface area contributed by atoms with Crippen molar-refractivity contribution in [2.24, 2.45) is 5.10 Å². The molecule has 0 bridgehead atoms. The van der Waals surface area contributed by atoms with Crippen LogP contribution in [0, 0.1) is 5.82 Å². The molecule has 0 saturated heterocycles. The SMILES string of the molecule is CCOc1ccc(C(=O)Oc2ccc(Br)cc2C=NNC(=O)c2[nH]c3ccc(F)cc3c2-c2ccccc2)cc1OCC. The number of halogens is 2. The monoisotopic (exact) mass is 643 g/mol. The van der Waals surface area contributed by atoms with Crippen molar-refractivity contribution in [3.05, 3.63) is 112 Å². The fraction of sp³-hybridized carbons (Fsp3) is 0.121. The Morgan fingerprint density at radius 1 is 0.907 bits per heavy atom. The van der Waals surface area contributed by atoms with Crippen LogP contribution in [0.5, 0.6) is 17.2 Å². The lowest BCUT2D eigenvalue weighted by Crippen LogP contribution is -2.19. The van der Waals surface area contributed by atoms with E-state index in [-0.39, 0.29) is 17.0 Å². The van der Waals surface area contributed by atoms with Gasteiger partial charge in [-0.2, -0.15) is 5.10 Å². The number of hydrogen-bond acceptors (Lipinski definition) is 6. The molecule has 0 saturated carbocycles. The summed E-state index contributed by atoms with van der Waals surface area (Å²) in [5.41, 5.74) is 5.37. The second-order valence-electron chi connectivity index (χ2n) is 9.23. The highest BCUT2D eigenvalue weighted by Gasteiger charge is 2.20. The summed E-state index contributed by atoms with van der Waals surface area (Å²) in [4.78, 5) is 29.4. The Hall–Kier alpha value is -4.96. The Balaban J connectivity index is 1.38. The number of H-pyrrole nitrogens is 1. The van der Waals surface area contributed by atoms with Crippen LogP contribution >= 0.6 is 15.9 Å². The molecule has 4 aromatic carbocycles. The molecule has 1 heterocycles. The Morgan fingerprint density at radius 3 is 2.42 bits per heavy atom. The van der Waals surface area contributed by atoms with Gasteiger partial charge in [-0.15, -0.1) is 0 Å². The number of aromatic nitrogens is 1. The van der Waals surface area contributed by atoms with Crippen molar-refractivity contribution in [1.82, 2.24) is 10.4 Å². The third kappa shape index (κ3) is 6.76. The van der Waals surface area contributed by atoms with Crippen LogP contribution < -0.4 is 19.6 Å². The van der Waals surface area contributed by atoms with Gasteiger partial charge in [0, 0.05) is 26.5 Å². The number of carbonyl (C=O) groups is 2. The van der Waals surface area contributed by atoms with Gasteiger partial charge in [-0.25, -0.2) is 14.6 Å². The standard InChI is InChI=1S/C33H27BrFN3O5/c1-3-41-28-14-10-21(17-29(28)42-4-2)33(40)43-27-15-11-23(34)16-22(27)19-36-38-32(39)31-30(20-8-6-5-7-9-20)25-18-24(35)12-13-26(25)37-31/h5-19,37H,3-4H2,1-2H3,(H,38,39). The van der Waals surface area contributed by atoms with E-state index in [2.05, 4.69) is 31.4 Å². The summed E-state index contributed by atoms with van der Waals surface area (Å²) < 4.78 is 31.7. The Morgan fingerprint density at radius 2 is 1.65 bits per heavy atom. The van der Waals surface area contributed by atoms with E-state index in [0.29, 0.717) is 51.2 Å². The Kier molecular flexibility index (Phi) is 9.17. The van der Waals surface area contributed by atoms with E-state index in [9.17, 15) is 14.0 Å². The number of ether oxygens (including phenoxy) is 3. The molecule has 0 aliphatic carbocycles. The van der Waals surface area contributed by atoms with Crippen LogP contribution in [-0.2, 0) is 0 Å². The molecule has 43 heavy (non-hydrogen) atoms. The number of rotatable bonds is 10. The summed E-state index contributed by atoms with van der Waals surface area (Å²) >= 11 is 3.42. The zero-order chi connectivity index (χ0) is 30.3. The molecule has 5 aromatic rings.